The van der Waals surface area contributed by atoms with Gasteiger partial charge in [-0.3, -0.25) is 0 Å². The molecule has 0 bridgehead atoms. The molecule has 0 aliphatic heterocycles. The van der Waals surface area contributed by atoms with E-state index in [1.54, 1.807) is 35.9 Å². The van der Waals surface area contributed by atoms with Gasteiger partial charge in [0.05, 0.1) is 20.8 Å². The number of carbonyl (C=O) groups excluding carboxylic acids is 2. The van der Waals surface area contributed by atoms with Crippen LogP contribution in [0.15, 0.2) is 30.7 Å². The van der Waals surface area contributed by atoms with Crippen molar-refractivity contribution in [2.75, 3.05) is 20.8 Å². The molecule has 6 nitrogen and oxygen atoms in total. The second-order valence-electron chi connectivity index (χ2n) is 3.62. The average molecular weight is 279 g/mol. The van der Waals surface area contributed by atoms with Crippen LogP contribution in [0.5, 0.6) is 0 Å². The Hall–Kier alpha value is -2.50. The van der Waals surface area contributed by atoms with Crippen molar-refractivity contribution in [1.82, 2.24) is 4.57 Å². The van der Waals surface area contributed by atoms with Crippen LogP contribution in [0, 0.1) is 0 Å². The summed E-state index contributed by atoms with van der Waals surface area (Å²) < 4.78 is 15.9. The second-order valence-corrected chi connectivity index (χ2v) is 3.62. The van der Waals surface area contributed by atoms with E-state index in [4.69, 9.17) is 9.47 Å². The summed E-state index contributed by atoms with van der Waals surface area (Å²) in [5.41, 5.74) is 0.815. The first-order valence-corrected chi connectivity index (χ1v) is 5.97. The van der Waals surface area contributed by atoms with Crippen molar-refractivity contribution < 1.29 is 23.8 Å². The molecule has 0 saturated carbocycles. The molecule has 0 aliphatic rings. The molecule has 108 valence electrons. The van der Waals surface area contributed by atoms with Gasteiger partial charge in [-0.05, 0) is 25.1 Å². The third-order valence-electron chi connectivity index (χ3n) is 2.34. The van der Waals surface area contributed by atoms with Crippen LogP contribution in [-0.2, 0) is 23.8 Å². The van der Waals surface area contributed by atoms with Crippen LogP contribution in [0.25, 0.3) is 11.8 Å². The molecule has 1 aromatic rings. The summed E-state index contributed by atoms with van der Waals surface area (Å²) in [5, 5.41) is 0. The van der Waals surface area contributed by atoms with Gasteiger partial charge in [-0.1, -0.05) is 0 Å². The van der Waals surface area contributed by atoms with E-state index in [1.807, 2.05) is 0 Å². The SMILES string of the molecule is CCOC(=O)C=Cc1cccn1C(=COC)C(=O)OC. The molecular formula is C14H17NO5. The molecule has 0 N–H and O–H groups in total. The zero-order valence-corrected chi connectivity index (χ0v) is 11.7. The molecule has 1 heterocycles. The highest BCUT2D eigenvalue weighted by Gasteiger charge is 2.14. The van der Waals surface area contributed by atoms with E-state index in [0.29, 0.717) is 12.3 Å². The largest absolute Gasteiger partial charge is 0.502 e. The van der Waals surface area contributed by atoms with Crippen molar-refractivity contribution in [1.29, 1.82) is 0 Å². The first-order chi connectivity index (χ1) is 9.63. The van der Waals surface area contributed by atoms with Gasteiger partial charge in [0.2, 0.25) is 0 Å². The lowest BCUT2D eigenvalue weighted by Crippen LogP contribution is -2.11. The van der Waals surface area contributed by atoms with E-state index in [9.17, 15) is 9.59 Å². The molecule has 0 atom stereocenters. The number of hydrogen-bond donors (Lipinski definition) is 0. The molecule has 20 heavy (non-hydrogen) atoms. The highest BCUT2D eigenvalue weighted by Crippen LogP contribution is 2.14. The van der Waals surface area contributed by atoms with Crippen molar-refractivity contribution in [2.24, 2.45) is 0 Å². The molecule has 0 fully saturated rings. The summed E-state index contributed by atoms with van der Waals surface area (Å²) in [6, 6.07) is 3.47. The van der Waals surface area contributed by atoms with Crippen LogP contribution in [-0.4, -0.2) is 37.3 Å². The molecule has 0 radical (unpaired) electrons. The van der Waals surface area contributed by atoms with Crippen LogP contribution in [0.2, 0.25) is 0 Å². The minimum absolute atomic E-state index is 0.198. The van der Waals surface area contributed by atoms with Gasteiger partial charge < -0.3 is 18.8 Å². The number of esters is 2. The molecule has 1 aromatic heterocycles. The molecular weight excluding hydrogens is 262 g/mol. The van der Waals surface area contributed by atoms with Gasteiger partial charge in [0.15, 0.2) is 5.70 Å². The number of ether oxygens (including phenoxy) is 3. The predicted octanol–water partition coefficient (Wildman–Crippen LogP) is 1.68. The van der Waals surface area contributed by atoms with E-state index in [1.165, 1.54) is 26.6 Å². The highest BCUT2D eigenvalue weighted by molar-refractivity contribution is 6.10. The lowest BCUT2D eigenvalue weighted by molar-refractivity contribution is -0.137. The molecule has 0 amide bonds. The van der Waals surface area contributed by atoms with Gasteiger partial charge in [-0.15, -0.1) is 0 Å². The Balaban J connectivity index is 3.03. The Morgan fingerprint density at radius 3 is 2.70 bits per heavy atom. The number of rotatable bonds is 6. The van der Waals surface area contributed by atoms with Gasteiger partial charge in [0.1, 0.15) is 6.26 Å². The number of aromatic nitrogens is 1. The lowest BCUT2D eigenvalue weighted by Gasteiger charge is -2.09. The maximum Gasteiger partial charge on any atom is 0.358 e. The Morgan fingerprint density at radius 2 is 2.10 bits per heavy atom. The van der Waals surface area contributed by atoms with Crippen LogP contribution < -0.4 is 0 Å². The molecule has 0 aliphatic carbocycles. The average Bonchev–Trinajstić information content (AvgIpc) is 2.90. The zero-order chi connectivity index (χ0) is 15.0. The fourth-order valence-corrected chi connectivity index (χ4v) is 1.51. The molecule has 0 saturated heterocycles. The summed E-state index contributed by atoms with van der Waals surface area (Å²) in [7, 11) is 2.71. The maximum absolute atomic E-state index is 11.7. The summed E-state index contributed by atoms with van der Waals surface area (Å²) in [6.45, 7) is 2.03. The fourth-order valence-electron chi connectivity index (χ4n) is 1.51. The third kappa shape index (κ3) is 4.01. The molecule has 0 spiro atoms. The molecule has 6 heteroatoms. The monoisotopic (exact) mass is 279 g/mol. The number of carbonyl (C=O) groups is 2. The van der Waals surface area contributed by atoms with Gasteiger partial charge in [-0.25, -0.2) is 9.59 Å². The molecule has 1 rings (SSSR count). The minimum Gasteiger partial charge on any atom is -0.502 e. The third-order valence-corrected chi connectivity index (χ3v) is 2.34. The van der Waals surface area contributed by atoms with Crippen molar-refractivity contribution in [3.63, 3.8) is 0 Å². The first-order valence-electron chi connectivity index (χ1n) is 5.97. The Labute approximate surface area is 117 Å². The Kier molecular flexibility index (Phi) is 6.09. The van der Waals surface area contributed by atoms with Crippen molar-refractivity contribution in [3.05, 3.63) is 36.4 Å². The van der Waals surface area contributed by atoms with Gasteiger partial charge in [0.25, 0.3) is 0 Å². The summed E-state index contributed by atoms with van der Waals surface area (Å²) in [6.07, 6.45) is 5.77. The summed E-state index contributed by atoms with van der Waals surface area (Å²) in [4.78, 5) is 23.0. The van der Waals surface area contributed by atoms with E-state index < -0.39 is 11.9 Å². The number of nitrogens with zero attached hydrogens (tertiary/aromatic N) is 1. The Morgan fingerprint density at radius 1 is 1.35 bits per heavy atom. The van der Waals surface area contributed by atoms with E-state index in [-0.39, 0.29) is 5.70 Å². The van der Waals surface area contributed by atoms with Crippen molar-refractivity contribution >= 4 is 23.7 Å². The van der Waals surface area contributed by atoms with Crippen LogP contribution in [0.3, 0.4) is 0 Å². The highest BCUT2D eigenvalue weighted by atomic mass is 16.5. The van der Waals surface area contributed by atoms with Crippen LogP contribution in [0.4, 0.5) is 0 Å². The zero-order valence-electron chi connectivity index (χ0n) is 11.7. The van der Waals surface area contributed by atoms with E-state index in [2.05, 4.69) is 4.74 Å². The smallest absolute Gasteiger partial charge is 0.358 e. The van der Waals surface area contributed by atoms with Crippen LogP contribution >= 0.6 is 0 Å². The lowest BCUT2D eigenvalue weighted by atomic mass is 10.3. The van der Waals surface area contributed by atoms with Crippen LogP contribution in [0.1, 0.15) is 12.6 Å². The minimum atomic E-state index is -0.547. The van der Waals surface area contributed by atoms with Gasteiger partial charge >= 0.3 is 11.9 Å². The van der Waals surface area contributed by atoms with E-state index in [0.717, 1.165) is 0 Å². The topological polar surface area (TPSA) is 66.8 Å². The van der Waals surface area contributed by atoms with Gasteiger partial charge in [0, 0.05) is 18.0 Å². The van der Waals surface area contributed by atoms with Crippen molar-refractivity contribution in [3.8, 4) is 0 Å². The molecule has 0 unspecified atom stereocenters. The fraction of sp³-hybridized carbons (Fsp3) is 0.286. The Bertz CT molecular complexity index is 527. The molecule has 0 aromatic carbocycles. The number of hydrogen-bond acceptors (Lipinski definition) is 5. The van der Waals surface area contributed by atoms with Crippen molar-refractivity contribution in [2.45, 2.75) is 6.92 Å². The number of methoxy groups -OCH3 is 2. The predicted molar refractivity (Wildman–Crippen MR) is 73.4 cm³/mol. The summed E-state index contributed by atoms with van der Waals surface area (Å²) in [5.74, 6) is -0.996. The standard InChI is InChI=1S/C14H17NO5/c1-4-20-13(16)8-7-11-6-5-9-15(11)12(10-18-2)14(17)19-3/h5-10H,4H2,1-3H3. The summed E-state index contributed by atoms with van der Waals surface area (Å²) >= 11 is 0. The van der Waals surface area contributed by atoms with E-state index >= 15 is 0 Å². The first kappa shape index (κ1) is 15.6. The second kappa shape index (κ2) is 7.83. The maximum atomic E-state index is 11.7. The normalized spacial score (nSPS) is 11.4. The quantitative estimate of drug-likeness (QED) is 0.450. The van der Waals surface area contributed by atoms with Gasteiger partial charge in [-0.2, -0.15) is 0 Å².